The Balaban J connectivity index is 2.33. The van der Waals surface area contributed by atoms with Crippen molar-refractivity contribution >= 4 is 5.97 Å². The molecule has 0 fully saturated rings. The van der Waals surface area contributed by atoms with Crippen LogP contribution in [0.15, 0.2) is 24.3 Å². The average molecular weight is 219 g/mol. The second-order valence-electron chi connectivity index (χ2n) is 3.25. The maximum absolute atomic E-state index is 11.2. The Labute approximate surface area is 91.8 Å². The predicted molar refractivity (Wildman–Crippen MR) is 54.3 cm³/mol. The lowest BCUT2D eigenvalue weighted by Crippen LogP contribution is -2.32. The molecule has 0 saturated carbocycles. The van der Waals surface area contributed by atoms with Crippen LogP contribution in [-0.2, 0) is 11.8 Å². The first-order valence-electron chi connectivity index (χ1n) is 4.68. The molecule has 1 aromatic heterocycles. The van der Waals surface area contributed by atoms with E-state index in [2.05, 4.69) is 20.3 Å². The number of methoxy groups -OCH3 is 1. The molecule has 6 nitrogen and oxygen atoms in total. The van der Waals surface area contributed by atoms with Crippen molar-refractivity contribution in [3.8, 4) is 11.4 Å². The van der Waals surface area contributed by atoms with Crippen molar-refractivity contribution < 1.29 is 14.2 Å². The summed E-state index contributed by atoms with van der Waals surface area (Å²) in [5, 5.41) is 10.3. The largest absolute Gasteiger partial charge is 0.465 e. The lowest BCUT2D eigenvalue weighted by atomic mass is 10.1. The summed E-state index contributed by atoms with van der Waals surface area (Å²) in [4.78, 5) is 11.2. The molecule has 2 rings (SSSR count). The number of aromatic amines is 1. The quantitative estimate of drug-likeness (QED) is 0.573. The van der Waals surface area contributed by atoms with Crippen molar-refractivity contribution in [2.45, 2.75) is 0 Å². The number of H-pyrrole nitrogens is 1. The molecule has 16 heavy (non-hydrogen) atoms. The van der Waals surface area contributed by atoms with Crippen LogP contribution in [0.4, 0.5) is 0 Å². The van der Waals surface area contributed by atoms with Crippen molar-refractivity contribution in [3.63, 3.8) is 0 Å². The summed E-state index contributed by atoms with van der Waals surface area (Å²) >= 11 is 0. The van der Waals surface area contributed by atoms with E-state index in [-0.39, 0.29) is 5.97 Å². The van der Waals surface area contributed by atoms with Crippen molar-refractivity contribution in [3.05, 3.63) is 29.8 Å². The lowest BCUT2D eigenvalue weighted by molar-refractivity contribution is -0.721. The first-order valence-corrected chi connectivity index (χ1v) is 4.68. The number of benzene rings is 1. The molecular weight excluding hydrogens is 208 g/mol. The lowest BCUT2D eigenvalue weighted by Gasteiger charge is -1.98. The van der Waals surface area contributed by atoms with Gasteiger partial charge in [0.1, 0.15) is 5.10 Å². The van der Waals surface area contributed by atoms with E-state index in [0.29, 0.717) is 11.4 Å². The van der Waals surface area contributed by atoms with Crippen LogP contribution in [-0.4, -0.2) is 28.6 Å². The van der Waals surface area contributed by atoms with Crippen LogP contribution in [0.2, 0.25) is 0 Å². The Morgan fingerprint density at radius 2 is 2.06 bits per heavy atom. The third kappa shape index (κ3) is 1.77. The molecular formula is C10H11N4O2+. The summed E-state index contributed by atoms with van der Waals surface area (Å²) in [6.45, 7) is 0. The number of ether oxygens (including phenoxy) is 1. The fraction of sp³-hybridized carbons (Fsp3) is 0.200. The minimum absolute atomic E-state index is 0.351. The van der Waals surface area contributed by atoms with E-state index in [9.17, 15) is 4.79 Å². The van der Waals surface area contributed by atoms with Crippen LogP contribution in [0.1, 0.15) is 10.4 Å². The maximum Gasteiger partial charge on any atom is 0.337 e. The highest BCUT2D eigenvalue weighted by Gasteiger charge is 2.14. The Morgan fingerprint density at radius 3 is 2.56 bits per heavy atom. The number of rotatable bonds is 2. The van der Waals surface area contributed by atoms with Gasteiger partial charge in [0.25, 0.3) is 0 Å². The summed E-state index contributed by atoms with van der Waals surface area (Å²) in [5.41, 5.74) is 1.39. The molecule has 1 aromatic carbocycles. The van der Waals surface area contributed by atoms with Gasteiger partial charge in [0.15, 0.2) is 5.21 Å². The summed E-state index contributed by atoms with van der Waals surface area (Å²) in [6.07, 6.45) is 0. The van der Waals surface area contributed by atoms with Gasteiger partial charge in [0, 0.05) is 0 Å². The molecule has 82 valence electrons. The average Bonchev–Trinajstić information content (AvgIpc) is 2.75. The molecule has 0 aliphatic heterocycles. The summed E-state index contributed by atoms with van der Waals surface area (Å²) in [6, 6.07) is 6.97. The molecule has 0 saturated heterocycles. The normalized spacial score (nSPS) is 10.1. The third-order valence-corrected chi connectivity index (χ3v) is 2.22. The van der Waals surface area contributed by atoms with E-state index in [1.807, 2.05) is 7.05 Å². The first-order chi connectivity index (χ1) is 7.72. The third-order valence-electron chi connectivity index (χ3n) is 2.22. The second-order valence-corrected chi connectivity index (χ2v) is 3.25. The van der Waals surface area contributed by atoms with Crippen LogP contribution in [0, 0.1) is 0 Å². The highest BCUT2D eigenvalue weighted by Crippen LogP contribution is 2.13. The summed E-state index contributed by atoms with van der Waals surface area (Å²) in [7, 11) is 3.16. The van der Waals surface area contributed by atoms with Gasteiger partial charge in [-0.1, -0.05) is 5.21 Å². The summed E-state index contributed by atoms with van der Waals surface area (Å²) in [5.74, 6) is 0.354. The van der Waals surface area contributed by atoms with Crippen LogP contribution in [0.5, 0.6) is 0 Å². The minimum atomic E-state index is -0.351. The topological polar surface area (TPSA) is 71.8 Å². The molecule has 0 spiro atoms. The Hall–Kier alpha value is -2.24. The molecule has 0 amide bonds. The molecule has 0 atom stereocenters. The van der Waals surface area contributed by atoms with E-state index < -0.39 is 0 Å². The number of nitrogens with one attached hydrogen (secondary N) is 1. The monoisotopic (exact) mass is 219 g/mol. The van der Waals surface area contributed by atoms with E-state index in [0.717, 1.165) is 5.56 Å². The number of carbonyl (C=O) groups excluding carboxylic acids is 1. The Bertz CT molecular complexity index is 504. The molecule has 0 aliphatic carbocycles. The Morgan fingerprint density at radius 1 is 1.38 bits per heavy atom. The molecule has 0 aliphatic rings. The molecule has 0 unspecified atom stereocenters. The number of nitrogens with zero attached hydrogens (tertiary/aromatic N) is 3. The SMILES string of the molecule is COC(=O)c1ccc(-c2nn[nH][n+]2C)cc1. The molecule has 2 aromatic rings. The van der Waals surface area contributed by atoms with Gasteiger partial charge in [-0.05, 0) is 24.3 Å². The number of hydrogen-bond donors (Lipinski definition) is 1. The maximum atomic E-state index is 11.2. The van der Waals surface area contributed by atoms with Gasteiger partial charge in [-0.3, -0.25) is 0 Å². The van der Waals surface area contributed by atoms with E-state index >= 15 is 0 Å². The van der Waals surface area contributed by atoms with Gasteiger partial charge in [-0.25, -0.2) is 4.79 Å². The van der Waals surface area contributed by atoms with Crippen molar-refractivity contribution in [2.75, 3.05) is 7.11 Å². The van der Waals surface area contributed by atoms with Gasteiger partial charge in [0.2, 0.25) is 0 Å². The zero-order valence-electron chi connectivity index (χ0n) is 8.97. The number of aryl methyl sites for hydroxylation is 1. The zero-order chi connectivity index (χ0) is 11.5. The molecule has 0 bridgehead atoms. The van der Waals surface area contributed by atoms with Crippen LogP contribution >= 0.6 is 0 Å². The zero-order valence-corrected chi connectivity index (χ0v) is 8.97. The van der Waals surface area contributed by atoms with Gasteiger partial charge in [-0.15, -0.1) is 0 Å². The molecule has 1 heterocycles. The molecule has 0 radical (unpaired) electrons. The number of esters is 1. The Kier molecular flexibility index (Phi) is 2.63. The van der Waals surface area contributed by atoms with Gasteiger partial charge in [-0.2, -0.15) is 4.68 Å². The van der Waals surface area contributed by atoms with E-state index in [1.165, 1.54) is 7.11 Å². The fourth-order valence-corrected chi connectivity index (χ4v) is 1.38. The van der Waals surface area contributed by atoms with E-state index in [1.54, 1.807) is 28.9 Å². The first kappa shape index (κ1) is 10.3. The predicted octanol–water partition coefficient (Wildman–Crippen LogP) is 0.0828. The fourth-order valence-electron chi connectivity index (χ4n) is 1.38. The minimum Gasteiger partial charge on any atom is -0.465 e. The van der Waals surface area contributed by atoms with Crippen molar-refractivity contribution in [1.29, 1.82) is 0 Å². The van der Waals surface area contributed by atoms with Crippen molar-refractivity contribution in [1.82, 2.24) is 15.5 Å². The standard InChI is InChI=1S/C10H10N4O2/c1-14-9(11-12-13-14)7-3-5-8(6-4-7)10(15)16-2/h3-6H,1-2H3/p+1. The highest BCUT2D eigenvalue weighted by molar-refractivity contribution is 5.89. The summed E-state index contributed by atoms with van der Waals surface area (Å²) < 4.78 is 6.30. The van der Waals surface area contributed by atoms with Crippen LogP contribution in [0.3, 0.4) is 0 Å². The highest BCUT2D eigenvalue weighted by atomic mass is 16.5. The molecule has 1 N–H and O–H groups in total. The van der Waals surface area contributed by atoms with Gasteiger partial charge in [0.05, 0.1) is 25.3 Å². The smallest absolute Gasteiger partial charge is 0.337 e. The second kappa shape index (κ2) is 4.09. The van der Waals surface area contributed by atoms with Crippen LogP contribution < -0.4 is 4.68 Å². The number of tetrazole rings is 1. The van der Waals surface area contributed by atoms with Crippen LogP contribution in [0.25, 0.3) is 11.4 Å². The number of carbonyl (C=O) groups is 1. The van der Waals surface area contributed by atoms with Gasteiger partial charge >= 0.3 is 11.8 Å². The molecule has 6 heteroatoms. The van der Waals surface area contributed by atoms with E-state index in [4.69, 9.17) is 0 Å². The van der Waals surface area contributed by atoms with Gasteiger partial charge < -0.3 is 4.74 Å². The number of hydrogen-bond acceptors (Lipinski definition) is 4. The number of aromatic nitrogens is 4. The van der Waals surface area contributed by atoms with Crippen molar-refractivity contribution in [2.24, 2.45) is 7.05 Å².